The molecule has 0 unspecified atom stereocenters. The molecule has 0 bridgehead atoms. The Morgan fingerprint density at radius 3 is 2.60 bits per heavy atom. The molecule has 1 N–H and O–H groups in total. The normalized spacial score (nSPS) is 10.3. The van der Waals surface area contributed by atoms with Gasteiger partial charge in [0.15, 0.2) is 0 Å². The average Bonchev–Trinajstić information content (AvgIpc) is 2.23. The third kappa shape index (κ3) is 1.94. The molecule has 0 aliphatic heterocycles. The van der Waals surface area contributed by atoms with E-state index in [2.05, 4.69) is 6.07 Å². The van der Waals surface area contributed by atoms with Gasteiger partial charge in [0.05, 0.1) is 10.0 Å². The van der Waals surface area contributed by atoms with Crippen LogP contribution in [0.5, 0.6) is 5.75 Å². The molecule has 0 spiro atoms. The maximum absolute atomic E-state index is 9.65. The lowest BCUT2D eigenvalue weighted by atomic mass is 10.0. The van der Waals surface area contributed by atoms with Crippen molar-refractivity contribution in [1.82, 2.24) is 0 Å². The van der Waals surface area contributed by atoms with Gasteiger partial charge in [0.25, 0.3) is 0 Å². The van der Waals surface area contributed by atoms with Crippen LogP contribution in [0.4, 0.5) is 0 Å². The topological polar surface area (TPSA) is 20.2 Å². The second-order valence-electron chi connectivity index (χ2n) is 3.03. The Morgan fingerprint density at radius 2 is 1.87 bits per heavy atom. The Kier molecular flexibility index (Phi) is 2.85. The number of benzene rings is 2. The van der Waals surface area contributed by atoms with E-state index < -0.39 is 0 Å². The summed E-state index contributed by atoms with van der Waals surface area (Å²) in [5.74, 6) is 0.140. The van der Waals surface area contributed by atoms with Gasteiger partial charge in [0.2, 0.25) is 0 Å². The van der Waals surface area contributed by atoms with Gasteiger partial charge in [-0.05, 0) is 18.2 Å². The molecule has 0 amide bonds. The molecule has 0 aliphatic carbocycles. The van der Waals surface area contributed by atoms with E-state index in [0.717, 1.165) is 0 Å². The molecule has 1 radical (unpaired) electrons. The fraction of sp³-hybridized carbons (Fsp3) is 0. The van der Waals surface area contributed by atoms with Gasteiger partial charge < -0.3 is 5.11 Å². The molecule has 0 fully saturated rings. The summed E-state index contributed by atoms with van der Waals surface area (Å²) < 4.78 is 0. The van der Waals surface area contributed by atoms with Crippen LogP contribution in [0.2, 0.25) is 10.0 Å². The lowest BCUT2D eigenvalue weighted by Gasteiger charge is -2.06. The van der Waals surface area contributed by atoms with E-state index >= 15 is 0 Å². The Bertz CT molecular complexity index is 495. The maximum atomic E-state index is 9.65. The van der Waals surface area contributed by atoms with Crippen molar-refractivity contribution < 1.29 is 5.11 Å². The average molecular weight is 238 g/mol. The number of phenolic OH excluding ortho intramolecular Hbond substituents is 1. The molecule has 3 heteroatoms. The molecule has 1 nitrogen and oxygen atoms in total. The van der Waals surface area contributed by atoms with Crippen molar-refractivity contribution in [3.8, 4) is 16.9 Å². The van der Waals surface area contributed by atoms with Crippen molar-refractivity contribution in [3.05, 3.63) is 52.5 Å². The van der Waals surface area contributed by atoms with Crippen LogP contribution in [0.15, 0.2) is 36.4 Å². The lowest BCUT2D eigenvalue weighted by molar-refractivity contribution is 0.477. The molecule has 2 aromatic carbocycles. The highest BCUT2D eigenvalue weighted by Gasteiger charge is 2.09. The molecule has 0 atom stereocenters. The first kappa shape index (κ1) is 10.3. The first-order chi connectivity index (χ1) is 7.20. The molecule has 75 valence electrons. The fourth-order valence-electron chi connectivity index (χ4n) is 1.34. The summed E-state index contributed by atoms with van der Waals surface area (Å²) in [6.45, 7) is 0. The van der Waals surface area contributed by atoms with E-state index in [0.29, 0.717) is 21.2 Å². The molecule has 0 saturated heterocycles. The van der Waals surface area contributed by atoms with Crippen LogP contribution >= 0.6 is 23.2 Å². The Balaban J connectivity index is 2.65. The zero-order valence-electron chi connectivity index (χ0n) is 7.67. The summed E-state index contributed by atoms with van der Waals surface area (Å²) in [5, 5.41) is 10.5. The number of hydrogen-bond donors (Lipinski definition) is 1. The van der Waals surface area contributed by atoms with E-state index in [1.54, 1.807) is 36.4 Å². The highest BCUT2D eigenvalue weighted by Crippen LogP contribution is 2.36. The molecule has 2 rings (SSSR count). The minimum Gasteiger partial charge on any atom is -0.507 e. The molecule has 0 saturated carbocycles. The van der Waals surface area contributed by atoms with Crippen LogP contribution in [0.1, 0.15) is 0 Å². The Labute approximate surface area is 97.9 Å². The van der Waals surface area contributed by atoms with Crippen molar-refractivity contribution in [3.63, 3.8) is 0 Å². The summed E-state index contributed by atoms with van der Waals surface area (Å²) in [4.78, 5) is 0. The monoisotopic (exact) mass is 237 g/mol. The van der Waals surface area contributed by atoms with E-state index in [1.807, 2.05) is 0 Å². The lowest BCUT2D eigenvalue weighted by Crippen LogP contribution is -1.81. The van der Waals surface area contributed by atoms with Gasteiger partial charge in [0, 0.05) is 11.1 Å². The van der Waals surface area contributed by atoms with Gasteiger partial charge in [0.1, 0.15) is 5.75 Å². The maximum Gasteiger partial charge on any atom is 0.124 e. The number of hydrogen-bond acceptors (Lipinski definition) is 1. The number of phenols is 1. The molecule has 2 aromatic rings. The van der Waals surface area contributed by atoms with Crippen LogP contribution in [0.3, 0.4) is 0 Å². The van der Waals surface area contributed by atoms with E-state index in [1.165, 1.54) is 0 Å². The van der Waals surface area contributed by atoms with E-state index in [9.17, 15) is 5.11 Å². The van der Waals surface area contributed by atoms with Crippen LogP contribution in [-0.2, 0) is 0 Å². The summed E-state index contributed by atoms with van der Waals surface area (Å²) >= 11 is 11.9. The first-order valence-corrected chi connectivity index (χ1v) is 5.10. The van der Waals surface area contributed by atoms with Gasteiger partial charge in [-0.1, -0.05) is 47.5 Å². The van der Waals surface area contributed by atoms with Crippen LogP contribution in [0.25, 0.3) is 11.1 Å². The largest absolute Gasteiger partial charge is 0.507 e. The zero-order chi connectivity index (χ0) is 10.8. The number of rotatable bonds is 1. The Morgan fingerprint density at radius 1 is 1.07 bits per heavy atom. The minimum atomic E-state index is 0.140. The third-order valence-corrected chi connectivity index (χ3v) is 2.87. The summed E-state index contributed by atoms with van der Waals surface area (Å²) in [5.41, 5.74) is 1.24. The van der Waals surface area contributed by atoms with Gasteiger partial charge in [-0.3, -0.25) is 0 Å². The summed E-state index contributed by atoms with van der Waals surface area (Å²) in [6.07, 6.45) is 0. The van der Waals surface area contributed by atoms with Crippen LogP contribution < -0.4 is 0 Å². The quantitative estimate of drug-likeness (QED) is 0.790. The molecule has 0 aliphatic rings. The fourth-order valence-corrected chi connectivity index (χ4v) is 1.74. The van der Waals surface area contributed by atoms with Crippen LogP contribution in [0, 0.1) is 6.07 Å². The van der Waals surface area contributed by atoms with Crippen molar-refractivity contribution in [2.45, 2.75) is 0 Å². The van der Waals surface area contributed by atoms with Crippen molar-refractivity contribution in [2.24, 2.45) is 0 Å². The first-order valence-electron chi connectivity index (χ1n) is 4.34. The highest BCUT2D eigenvalue weighted by molar-refractivity contribution is 6.43. The van der Waals surface area contributed by atoms with E-state index in [-0.39, 0.29) is 5.75 Å². The number of aromatic hydroxyl groups is 1. The molecular weight excluding hydrogens is 231 g/mol. The van der Waals surface area contributed by atoms with E-state index in [4.69, 9.17) is 23.2 Å². The smallest absolute Gasteiger partial charge is 0.124 e. The Hall–Kier alpha value is -1.18. The minimum absolute atomic E-state index is 0.140. The van der Waals surface area contributed by atoms with Crippen molar-refractivity contribution in [2.75, 3.05) is 0 Å². The second-order valence-corrected chi connectivity index (χ2v) is 3.82. The van der Waals surface area contributed by atoms with Crippen LogP contribution in [-0.4, -0.2) is 5.11 Å². The van der Waals surface area contributed by atoms with Gasteiger partial charge in [-0.15, -0.1) is 0 Å². The summed E-state index contributed by atoms with van der Waals surface area (Å²) in [7, 11) is 0. The molecular formula is C12H7Cl2O. The van der Waals surface area contributed by atoms with Gasteiger partial charge >= 0.3 is 0 Å². The molecule has 0 heterocycles. The van der Waals surface area contributed by atoms with Crippen molar-refractivity contribution in [1.29, 1.82) is 0 Å². The molecule has 15 heavy (non-hydrogen) atoms. The standard InChI is InChI=1S/C12H7Cl2O/c13-10-6-3-5-9(12(10)14)8-4-1-2-7-11(8)15/h1-3,5-7,15H. The highest BCUT2D eigenvalue weighted by atomic mass is 35.5. The third-order valence-electron chi connectivity index (χ3n) is 2.06. The second kappa shape index (κ2) is 4.13. The zero-order valence-corrected chi connectivity index (χ0v) is 9.18. The van der Waals surface area contributed by atoms with Crippen molar-refractivity contribution >= 4 is 23.2 Å². The molecule has 0 aromatic heterocycles. The number of halogens is 2. The van der Waals surface area contributed by atoms with Gasteiger partial charge in [-0.25, -0.2) is 0 Å². The predicted octanol–water partition coefficient (Wildman–Crippen LogP) is 4.17. The van der Waals surface area contributed by atoms with Gasteiger partial charge in [-0.2, -0.15) is 0 Å². The predicted molar refractivity (Wildman–Crippen MR) is 62.4 cm³/mol. The SMILES string of the molecule is Oc1ccc[c]c1-c1cccc(Cl)c1Cl. The summed E-state index contributed by atoms with van der Waals surface area (Å²) in [6, 6.07) is 13.2.